The van der Waals surface area contributed by atoms with Gasteiger partial charge in [0.1, 0.15) is 5.75 Å². The third-order valence-corrected chi connectivity index (χ3v) is 7.39. The summed E-state index contributed by atoms with van der Waals surface area (Å²) < 4.78 is 2.26. The second-order valence-corrected chi connectivity index (χ2v) is 10.8. The number of hydrogen-bond acceptors (Lipinski definition) is 3. The summed E-state index contributed by atoms with van der Waals surface area (Å²) in [4.78, 5) is 10.2. The Kier molecular flexibility index (Phi) is 8.24. The maximum atomic E-state index is 10.5. The summed E-state index contributed by atoms with van der Waals surface area (Å²) in [7, 11) is 0. The molecule has 6 rings (SSSR count). The summed E-state index contributed by atoms with van der Waals surface area (Å²) in [5.41, 5.74) is 9.68. The van der Waals surface area contributed by atoms with Crippen LogP contribution >= 0.6 is 0 Å². The zero-order valence-corrected chi connectivity index (χ0v) is 25.8. The van der Waals surface area contributed by atoms with Crippen LogP contribution < -0.4 is 0 Å². The summed E-state index contributed by atoms with van der Waals surface area (Å²) >= 11 is 0. The van der Waals surface area contributed by atoms with Crippen LogP contribution in [0.2, 0.25) is 0 Å². The first-order valence-corrected chi connectivity index (χ1v) is 13.8. The fourth-order valence-corrected chi connectivity index (χ4v) is 5.16. The van der Waals surface area contributed by atoms with Crippen molar-refractivity contribution in [2.75, 3.05) is 0 Å². The molecule has 2 aromatic heterocycles. The molecule has 0 saturated carbocycles. The van der Waals surface area contributed by atoms with Crippen LogP contribution in [-0.4, -0.2) is 19.6 Å². The van der Waals surface area contributed by atoms with E-state index in [1.54, 1.807) is 6.07 Å². The minimum absolute atomic E-state index is 0. The Bertz CT molecular complexity index is 1800. The first kappa shape index (κ1) is 28.5. The van der Waals surface area contributed by atoms with Gasteiger partial charge in [-0.05, 0) is 65.4 Å². The van der Waals surface area contributed by atoms with Gasteiger partial charge in [0.2, 0.25) is 0 Å². The summed E-state index contributed by atoms with van der Waals surface area (Å²) in [6.45, 7) is 8.95. The minimum Gasteiger partial charge on any atom is -0.507 e. The molecular weight excluding hydrogens is 685 g/mol. The molecular formula is C36H32N3OPt-. The zero-order chi connectivity index (χ0) is 27.8. The molecule has 0 bridgehead atoms. The van der Waals surface area contributed by atoms with E-state index in [2.05, 4.69) is 80.8 Å². The van der Waals surface area contributed by atoms with Crippen molar-refractivity contribution in [2.45, 2.75) is 39.5 Å². The fourth-order valence-electron chi connectivity index (χ4n) is 5.16. The number of aromatic hydroxyl groups is 1. The van der Waals surface area contributed by atoms with E-state index in [1.807, 2.05) is 54.6 Å². The SMILES string of the molecule is CC(C)c1cc(C(C)C)cc(-n2c(-c3[c-]cccc3)nc3c(-c4cccc(-c5ccccc5O)n4)cccc32)c1.[Pt]. The number of rotatable bonds is 6. The second kappa shape index (κ2) is 11.8. The quantitative estimate of drug-likeness (QED) is 0.175. The summed E-state index contributed by atoms with van der Waals surface area (Å²) in [5.74, 6) is 1.85. The zero-order valence-electron chi connectivity index (χ0n) is 23.6. The Labute approximate surface area is 256 Å². The van der Waals surface area contributed by atoms with Crippen molar-refractivity contribution in [1.29, 1.82) is 0 Å². The average molecular weight is 718 g/mol. The predicted molar refractivity (Wildman–Crippen MR) is 164 cm³/mol. The maximum absolute atomic E-state index is 10.5. The Hall–Kier alpha value is -4.01. The van der Waals surface area contributed by atoms with Crippen molar-refractivity contribution in [3.63, 3.8) is 0 Å². The standard InChI is InChI=1S/C36H32N3O.Pt/c1-23(2)26-20-27(24(3)4)22-28(21-26)39-33-18-10-15-30(35(33)38-36(39)25-12-6-5-7-13-25)32-17-11-16-31(37-32)29-14-8-9-19-34(29)40;/h5-12,14-24,40H,1-4H3;/q-1;. The van der Waals surface area contributed by atoms with Gasteiger partial charge in [0.05, 0.1) is 28.2 Å². The van der Waals surface area contributed by atoms with E-state index in [0.29, 0.717) is 17.4 Å². The number of aromatic nitrogens is 3. The van der Waals surface area contributed by atoms with E-state index < -0.39 is 0 Å². The van der Waals surface area contributed by atoms with E-state index in [-0.39, 0.29) is 26.8 Å². The topological polar surface area (TPSA) is 50.9 Å². The van der Waals surface area contributed by atoms with Crippen LogP contribution in [0, 0.1) is 6.07 Å². The van der Waals surface area contributed by atoms with Crippen LogP contribution in [0.4, 0.5) is 0 Å². The van der Waals surface area contributed by atoms with E-state index in [1.165, 1.54) is 11.1 Å². The van der Waals surface area contributed by atoms with Gasteiger partial charge in [-0.25, -0.2) is 4.98 Å². The molecule has 2 heterocycles. The molecule has 6 aromatic rings. The molecule has 208 valence electrons. The first-order chi connectivity index (χ1) is 19.4. The number of imidazole rings is 1. The number of pyridine rings is 1. The Morgan fingerprint density at radius 3 is 1.98 bits per heavy atom. The monoisotopic (exact) mass is 717 g/mol. The molecule has 0 aliphatic rings. The van der Waals surface area contributed by atoms with Crippen molar-refractivity contribution in [3.05, 3.63) is 120 Å². The van der Waals surface area contributed by atoms with Crippen LogP contribution in [0.3, 0.4) is 0 Å². The van der Waals surface area contributed by atoms with Crippen molar-refractivity contribution >= 4 is 11.0 Å². The van der Waals surface area contributed by atoms with Crippen LogP contribution in [0.1, 0.15) is 50.7 Å². The molecule has 0 amide bonds. The molecule has 0 unspecified atom stereocenters. The van der Waals surface area contributed by atoms with Gasteiger partial charge in [-0.2, -0.15) is 0 Å². The van der Waals surface area contributed by atoms with Gasteiger partial charge in [0.25, 0.3) is 0 Å². The number of hydrogen-bond donors (Lipinski definition) is 1. The summed E-state index contributed by atoms with van der Waals surface area (Å²) in [6.07, 6.45) is 0. The number of benzene rings is 4. The average Bonchev–Trinajstić information content (AvgIpc) is 3.37. The Morgan fingerprint density at radius 2 is 1.32 bits per heavy atom. The number of fused-ring (bicyclic) bond motifs is 1. The van der Waals surface area contributed by atoms with Gasteiger partial charge in [0.15, 0.2) is 0 Å². The fraction of sp³-hybridized carbons (Fsp3) is 0.167. The van der Waals surface area contributed by atoms with Gasteiger partial charge in [-0.15, -0.1) is 35.9 Å². The molecule has 4 aromatic carbocycles. The number of phenols is 1. The predicted octanol–water partition coefficient (Wildman–Crippen LogP) is 9.17. The van der Waals surface area contributed by atoms with Gasteiger partial charge in [0, 0.05) is 37.9 Å². The second-order valence-electron chi connectivity index (χ2n) is 10.8. The van der Waals surface area contributed by atoms with E-state index in [9.17, 15) is 5.11 Å². The Morgan fingerprint density at radius 1 is 0.683 bits per heavy atom. The van der Waals surface area contributed by atoms with Crippen molar-refractivity contribution in [3.8, 4) is 45.3 Å². The third-order valence-electron chi connectivity index (χ3n) is 7.39. The minimum atomic E-state index is 0. The molecule has 0 fully saturated rings. The van der Waals surface area contributed by atoms with Gasteiger partial charge >= 0.3 is 0 Å². The number of phenolic OH excluding ortho intramolecular Hbond substituents is 1. The molecule has 0 radical (unpaired) electrons. The molecule has 41 heavy (non-hydrogen) atoms. The molecule has 5 heteroatoms. The molecule has 0 spiro atoms. The van der Waals surface area contributed by atoms with Gasteiger partial charge in [-0.1, -0.05) is 64.1 Å². The van der Waals surface area contributed by atoms with Crippen LogP contribution in [0.5, 0.6) is 5.75 Å². The van der Waals surface area contributed by atoms with E-state index in [0.717, 1.165) is 45.1 Å². The van der Waals surface area contributed by atoms with Crippen molar-refractivity contribution in [2.24, 2.45) is 0 Å². The number of nitrogens with zero attached hydrogens (tertiary/aromatic N) is 3. The molecule has 0 atom stereocenters. The summed E-state index contributed by atoms with van der Waals surface area (Å²) in [6, 6.07) is 37.8. The Balaban J connectivity index is 0.00000337. The largest absolute Gasteiger partial charge is 0.507 e. The van der Waals surface area contributed by atoms with E-state index in [4.69, 9.17) is 9.97 Å². The van der Waals surface area contributed by atoms with Gasteiger partial charge < -0.3 is 9.67 Å². The molecule has 0 saturated heterocycles. The first-order valence-electron chi connectivity index (χ1n) is 13.8. The van der Waals surface area contributed by atoms with Crippen LogP contribution in [-0.2, 0) is 21.1 Å². The molecule has 0 aliphatic heterocycles. The van der Waals surface area contributed by atoms with E-state index >= 15 is 0 Å². The summed E-state index contributed by atoms with van der Waals surface area (Å²) in [5, 5.41) is 10.5. The normalized spacial score (nSPS) is 11.3. The maximum Gasteiger partial charge on any atom is 0.124 e. The van der Waals surface area contributed by atoms with Gasteiger partial charge in [-0.3, -0.25) is 4.98 Å². The molecule has 0 aliphatic carbocycles. The number of para-hydroxylation sites is 2. The van der Waals surface area contributed by atoms with Crippen LogP contribution in [0.15, 0.2) is 103 Å². The smallest absolute Gasteiger partial charge is 0.124 e. The molecule has 1 N–H and O–H groups in total. The molecule has 4 nitrogen and oxygen atoms in total. The van der Waals surface area contributed by atoms with Crippen LogP contribution in [0.25, 0.3) is 50.6 Å². The van der Waals surface area contributed by atoms with Crippen molar-refractivity contribution < 1.29 is 26.2 Å². The van der Waals surface area contributed by atoms with Crippen molar-refractivity contribution in [1.82, 2.24) is 14.5 Å². The third kappa shape index (κ3) is 5.49.